The molecule has 2 aromatic carbocycles. The SMILES string of the molecule is CN(C)CCNc1ccc(-n2ccc3cc(N(C(C(=O)O)C(C)(C)C)S(=O)(=O)c4cc(Br)cc(Br)c4)ccc32)nn1. The summed E-state index contributed by atoms with van der Waals surface area (Å²) < 4.78 is 32.2. The molecule has 1 unspecified atom stereocenters. The number of hydrogen-bond acceptors (Lipinski definition) is 7. The maximum Gasteiger partial charge on any atom is 0.328 e. The zero-order valence-electron chi connectivity index (χ0n) is 23.3. The number of likely N-dealkylation sites (N-methyl/N-ethyl adjacent to an activating group) is 1. The van der Waals surface area contributed by atoms with E-state index in [0.717, 1.165) is 22.9 Å². The van der Waals surface area contributed by atoms with E-state index in [1.54, 1.807) is 45.0 Å². The molecule has 0 aliphatic carbocycles. The predicted molar refractivity (Wildman–Crippen MR) is 168 cm³/mol. The molecule has 0 amide bonds. The molecular formula is C28H32Br2N6O4S. The van der Waals surface area contributed by atoms with Crippen LogP contribution in [0.25, 0.3) is 16.7 Å². The third-order valence-corrected chi connectivity index (χ3v) is 9.06. The number of hydrogen-bond donors (Lipinski definition) is 2. The summed E-state index contributed by atoms with van der Waals surface area (Å²) in [6.45, 7) is 6.71. The summed E-state index contributed by atoms with van der Waals surface area (Å²) in [5.74, 6) is 0.00566. The zero-order valence-corrected chi connectivity index (χ0v) is 27.3. The molecule has 2 N–H and O–H groups in total. The molecule has 0 aliphatic rings. The number of anilines is 2. The number of carboxylic acids is 1. The molecule has 4 aromatic rings. The van der Waals surface area contributed by atoms with Gasteiger partial charge in [-0.05, 0) is 74.1 Å². The van der Waals surface area contributed by atoms with E-state index in [9.17, 15) is 18.3 Å². The van der Waals surface area contributed by atoms with E-state index in [1.807, 2.05) is 43.1 Å². The van der Waals surface area contributed by atoms with Gasteiger partial charge in [0.05, 0.1) is 16.1 Å². The van der Waals surface area contributed by atoms with Crippen LogP contribution < -0.4 is 9.62 Å². The molecular weight excluding hydrogens is 676 g/mol. The molecule has 1 atom stereocenters. The van der Waals surface area contributed by atoms with Crippen molar-refractivity contribution < 1.29 is 18.3 Å². The van der Waals surface area contributed by atoms with Gasteiger partial charge in [-0.25, -0.2) is 13.2 Å². The number of rotatable bonds is 10. The highest BCUT2D eigenvalue weighted by Gasteiger charge is 2.43. The van der Waals surface area contributed by atoms with Gasteiger partial charge in [-0.15, -0.1) is 10.2 Å². The third-order valence-electron chi connectivity index (χ3n) is 6.37. The van der Waals surface area contributed by atoms with Crippen molar-refractivity contribution in [3.63, 3.8) is 0 Å². The van der Waals surface area contributed by atoms with Crippen LogP contribution in [0.1, 0.15) is 20.8 Å². The average molecular weight is 708 g/mol. The first kappa shape index (κ1) is 30.9. The fourth-order valence-corrected chi connectivity index (χ4v) is 7.91. The summed E-state index contributed by atoms with van der Waals surface area (Å²) in [5.41, 5.74) is 0.0720. The minimum Gasteiger partial charge on any atom is -0.480 e. The summed E-state index contributed by atoms with van der Waals surface area (Å²) in [6, 6.07) is 13.8. The molecule has 10 nitrogen and oxygen atoms in total. The highest BCUT2D eigenvalue weighted by molar-refractivity contribution is 9.11. The fourth-order valence-electron chi connectivity index (χ4n) is 4.46. The molecule has 0 spiro atoms. The predicted octanol–water partition coefficient (Wildman–Crippen LogP) is 5.61. The number of fused-ring (bicyclic) bond motifs is 1. The van der Waals surface area contributed by atoms with Gasteiger partial charge in [0.15, 0.2) is 5.82 Å². The number of aliphatic carboxylic acids is 1. The lowest BCUT2D eigenvalue weighted by molar-refractivity contribution is -0.140. The topological polar surface area (TPSA) is 121 Å². The minimum absolute atomic E-state index is 0.0403. The van der Waals surface area contributed by atoms with Crippen LogP contribution in [0.3, 0.4) is 0 Å². The van der Waals surface area contributed by atoms with E-state index >= 15 is 0 Å². The Morgan fingerprint density at radius 3 is 2.27 bits per heavy atom. The first-order chi connectivity index (χ1) is 19.2. The molecule has 4 rings (SSSR count). The number of carboxylic acid groups (broad SMARTS) is 1. The van der Waals surface area contributed by atoms with Crippen LogP contribution >= 0.6 is 31.9 Å². The van der Waals surface area contributed by atoms with E-state index in [-0.39, 0.29) is 10.6 Å². The first-order valence-corrected chi connectivity index (χ1v) is 15.8. The average Bonchev–Trinajstić information content (AvgIpc) is 3.29. The molecule has 0 bridgehead atoms. The number of sulfonamides is 1. The normalized spacial score (nSPS) is 13.0. The van der Waals surface area contributed by atoms with E-state index in [4.69, 9.17) is 0 Å². The second kappa shape index (κ2) is 12.1. The van der Waals surface area contributed by atoms with Crippen molar-refractivity contribution in [2.24, 2.45) is 5.41 Å². The van der Waals surface area contributed by atoms with Crippen molar-refractivity contribution in [2.75, 3.05) is 36.8 Å². The van der Waals surface area contributed by atoms with Crippen LogP contribution in [0.5, 0.6) is 0 Å². The third kappa shape index (κ3) is 6.91. The van der Waals surface area contributed by atoms with Gasteiger partial charge in [-0.3, -0.25) is 8.87 Å². The zero-order chi connectivity index (χ0) is 30.1. The Morgan fingerprint density at radius 1 is 1.02 bits per heavy atom. The molecule has 0 radical (unpaired) electrons. The van der Waals surface area contributed by atoms with Crippen molar-refractivity contribution in [2.45, 2.75) is 31.7 Å². The molecule has 218 valence electrons. The number of nitrogens with one attached hydrogen (secondary N) is 1. The number of halogens is 2. The molecule has 0 saturated heterocycles. The second-order valence-corrected chi connectivity index (χ2v) is 14.6. The van der Waals surface area contributed by atoms with Crippen molar-refractivity contribution in [3.8, 4) is 5.82 Å². The maximum absolute atomic E-state index is 14.1. The second-order valence-electron chi connectivity index (χ2n) is 10.9. The molecule has 13 heteroatoms. The number of carbonyl (C=O) groups is 1. The largest absolute Gasteiger partial charge is 0.480 e. The van der Waals surface area contributed by atoms with E-state index in [1.165, 1.54) is 12.1 Å². The maximum atomic E-state index is 14.1. The summed E-state index contributed by atoms with van der Waals surface area (Å²) in [7, 11) is -0.308. The van der Waals surface area contributed by atoms with Crippen LogP contribution in [0.2, 0.25) is 0 Å². The molecule has 41 heavy (non-hydrogen) atoms. The quantitative estimate of drug-likeness (QED) is 0.218. The van der Waals surface area contributed by atoms with Crippen LogP contribution in [-0.4, -0.2) is 72.4 Å². The van der Waals surface area contributed by atoms with Gasteiger partial charge in [0.25, 0.3) is 10.0 Å². The van der Waals surface area contributed by atoms with Crippen molar-refractivity contribution in [3.05, 3.63) is 69.7 Å². The molecule has 0 fully saturated rings. The van der Waals surface area contributed by atoms with E-state index in [2.05, 4.69) is 52.3 Å². The lowest BCUT2D eigenvalue weighted by atomic mass is 9.86. The van der Waals surface area contributed by atoms with Gasteiger partial charge < -0.3 is 15.3 Å². The van der Waals surface area contributed by atoms with Gasteiger partial charge in [0.1, 0.15) is 11.9 Å². The minimum atomic E-state index is -4.31. The van der Waals surface area contributed by atoms with Gasteiger partial charge in [0, 0.05) is 33.6 Å². The molecule has 0 saturated carbocycles. The van der Waals surface area contributed by atoms with Crippen LogP contribution in [0.15, 0.2) is 74.6 Å². The smallest absolute Gasteiger partial charge is 0.328 e. The Labute approximate surface area is 256 Å². The summed E-state index contributed by atoms with van der Waals surface area (Å²) >= 11 is 6.69. The summed E-state index contributed by atoms with van der Waals surface area (Å²) in [4.78, 5) is 14.6. The highest BCUT2D eigenvalue weighted by Crippen LogP contribution is 2.37. The van der Waals surface area contributed by atoms with Crippen LogP contribution in [-0.2, 0) is 14.8 Å². The molecule has 2 heterocycles. The van der Waals surface area contributed by atoms with Crippen LogP contribution in [0, 0.1) is 5.41 Å². The Kier molecular flexibility index (Phi) is 9.12. The van der Waals surface area contributed by atoms with Gasteiger partial charge in [-0.2, -0.15) is 0 Å². The van der Waals surface area contributed by atoms with Crippen molar-refractivity contribution in [1.82, 2.24) is 19.7 Å². The van der Waals surface area contributed by atoms with Crippen molar-refractivity contribution in [1.29, 1.82) is 0 Å². The lowest BCUT2D eigenvalue weighted by Gasteiger charge is -2.37. The van der Waals surface area contributed by atoms with Gasteiger partial charge in [0.2, 0.25) is 0 Å². The van der Waals surface area contributed by atoms with Crippen LogP contribution in [0.4, 0.5) is 11.5 Å². The van der Waals surface area contributed by atoms with E-state index in [0.29, 0.717) is 26.0 Å². The lowest BCUT2D eigenvalue weighted by Crippen LogP contribution is -2.52. The Bertz CT molecular complexity index is 1650. The summed E-state index contributed by atoms with van der Waals surface area (Å²) in [5, 5.41) is 22.8. The molecule has 2 aromatic heterocycles. The monoisotopic (exact) mass is 706 g/mol. The Morgan fingerprint density at radius 2 is 1.71 bits per heavy atom. The number of aromatic nitrogens is 3. The fraction of sp³-hybridized carbons (Fsp3) is 0.321. The Balaban J connectivity index is 1.77. The highest BCUT2D eigenvalue weighted by atomic mass is 79.9. The first-order valence-electron chi connectivity index (χ1n) is 12.8. The number of nitrogens with zero attached hydrogens (tertiary/aromatic N) is 5. The van der Waals surface area contributed by atoms with Gasteiger partial charge >= 0.3 is 5.97 Å². The Hall–Kier alpha value is -3.00. The van der Waals surface area contributed by atoms with E-state index < -0.39 is 27.4 Å². The standard InChI is InChI=1S/C28H32Br2N6O4S/c1-28(2,3)26(27(37)38)36(41(39,40)22-16-19(29)15-20(30)17-22)21-6-7-23-18(14-21)10-12-35(23)25-9-8-24(32-33-25)31-11-13-34(4)5/h6-10,12,14-17,26H,11,13H2,1-5H3,(H,31,32)(H,37,38). The summed E-state index contributed by atoms with van der Waals surface area (Å²) in [6.07, 6.45) is 1.82. The van der Waals surface area contributed by atoms with Crippen molar-refractivity contribution >= 4 is 70.3 Å². The number of benzene rings is 2. The molecule has 0 aliphatic heterocycles. The van der Waals surface area contributed by atoms with Gasteiger partial charge in [-0.1, -0.05) is 52.6 Å².